The summed E-state index contributed by atoms with van der Waals surface area (Å²) in [6.07, 6.45) is 5.09. The number of fused-ring (bicyclic) bond motifs is 2. The number of aromatic nitrogens is 1. The number of aliphatic imine (C=N–C) groups is 1. The van der Waals surface area contributed by atoms with Crippen LogP contribution in [0.5, 0.6) is 0 Å². The first kappa shape index (κ1) is 24.4. The van der Waals surface area contributed by atoms with E-state index in [0.717, 1.165) is 60.4 Å². The van der Waals surface area contributed by atoms with Crippen molar-refractivity contribution in [2.24, 2.45) is 10.1 Å². The molecule has 0 spiro atoms. The number of hydrogen-bond donors (Lipinski definition) is 1. The molecule has 3 aliphatic heterocycles. The number of amidine groups is 2. The Morgan fingerprint density at radius 2 is 1.82 bits per heavy atom. The number of hydrazone groups is 1. The summed E-state index contributed by atoms with van der Waals surface area (Å²) in [6.45, 7) is 5.59. The molecular formula is C29H28N6O2S. The first-order valence-corrected chi connectivity index (χ1v) is 13.7. The van der Waals surface area contributed by atoms with Crippen LogP contribution in [0.25, 0.3) is 22.5 Å². The minimum absolute atomic E-state index is 0.0246. The van der Waals surface area contributed by atoms with Crippen molar-refractivity contribution in [2.75, 3.05) is 13.1 Å². The molecule has 0 aliphatic carbocycles. The van der Waals surface area contributed by atoms with Crippen molar-refractivity contribution < 1.29 is 9.59 Å². The molecule has 3 aromatic rings. The van der Waals surface area contributed by atoms with Crippen LogP contribution in [0.1, 0.15) is 42.6 Å². The van der Waals surface area contributed by atoms with E-state index in [1.807, 2.05) is 36.9 Å². The van der Waals surface area contributed by atoms with Crippen LogP contribution < -0.4 is 0 Å². The number of nitrogens with zero attached hydrogens (tertiary/aromatic N) is 5. The summed E-state index contributed by atoms with van der Waals surface area (Å²) in [4.78, 5) is 31.8. The van der Waals surface area contributed by atoms with Crippen LogP contribution in [0.4, 0.5) is 0 Å². The zero-order valence-electron chi connectivity index (χ0n) is 21.4. The second kappa shape index (κ2) is 9.72. The van der Waals surface area contributed by atoms with Gasteiger partial charge in [-0.15, -0.1) is 0 Å². The highest BCUT2D eigenvalue weighted by molar-refractivity contribution is 8.27. The Kier molecular flexibility index (Phi) is 6.23. The molecule has 192 valence electrons. The molecule has 0 bridgehead atoms. The van der Waals surface area contributed by atoms with Gasteiger partial charge in [0.15, 0.2) is 5.84 Å². The zero-order valence-corrected chi connectivity index (χ0v) is 22.2. The number of aryl methyl sites for hydroxylation is 1. The molecular weight excluding hydrogens is 496 g/mol. The molecule has 8 nitrogen and oxygen atoms in total. The van der Waals surface area contributed by atoms with Crippen molar-refractivity contribution in [3.05, 3.63) is 71.1 Å². The quantitative estimate of drug-likeness (QED) is 0.471. The number of thioether (sulfide) groups is 1. The number of rotatable bonds is 4. The summed E-state index contributed by atoms with van der Waals surface area (Å²) < 4.78 is 2.15. The molecule has 1 N–H and O–H groups in total. The molecule has 4 heterocycles. The Hall–Kier alpha value is -3.98. The summed E-state index contributed by atoms with van der Waals surface area (Å²) in [5.41, 5.74) is 4.06. The van der Waals surface area contributed by atoms with E-state index >= 15 is 0 Å². The third-order valence-electron chi connectivity index (χ3n) is 7.27. The van der Waals surface area contributed by atoms with E-state index in [0.29, 0.717) is 10.2 Å². The van der Waals surface area contributed by atoms with Crippen LogP contribution in [0.2, 0.25) is 0 Å². The molecule has 38 heavy (non-hydrogen) atoms. The van der Waals surface area contributed by atoms with E-state index in [4.69, 9.17) is 5.41 Å². The van der Waals surface area contributed by atoms with Gasteiger partial charge in [-0.1, -0.05) is 30.3 Å². The average molecular weight is 525 g/mol. The van der Waals surface area contributed by atoms with Crippen LogP contribution in [0.3, 0.4) is 0 Å². The highest BCUT2D eigenvalue weighted by Gasteiger charge is 2.36. The normalized spacial score (nSPS) is 18.7. The van der Waals surface area contributed by atoms with Crippen molar-refractivity contribution in [1.82, 2.24) is 14.5 Å². The molecule has 0 saturated carbocycles. The lowest BCUT2D eigenvalue weighted by atomic mass is 10.1. The Bertz CT molecular complexity index is 1590. The van der Waals surface area contributed by atoms with E-state index in [1.165, 1.54) is 22.2 Å². The smallest absolute Gasteiger partial charge is 0.283 e. The second-order valence-corrected chi connectivity index (χ2v) is 10.9. The predicted octanol–water partition coefficient (Wildman–Crippen LogP) is 5.27. The van der Waals surface area contributed by atoms with Gasteiger partial charge in [-0.25, -0.2) is 0 Å². The van der Waals surface area contributed by atoms with Gasteiger partial charge in [0.2, 0.25) is 11.1 Å². The molecule has 2 aromatic carbocycles. The molecule has 0 radical (unpaired) electrons. The summed E-state index contributed by atoms with van der Waals surface area (Å²) in [7, 11) is 0. The van der Waals surface area contributed by atoms with Crippen molar-refractivity contribution in [1.29, 1.82) is 5.41 Å². The Morgan fingerprint density at radius 3 is 2.61 bits per heavy atom. The van der Waals surface area contributed by atoms with Gasteiger partial charge in [0.25, 0.3) is 5.91 Å². The van der Waals surface area contributed by atoms with Crippen LogP contribution in [0.15, 0.2) is 64.2 Å². The van der Waals surface area contributed by atoms with Crippen molar-refractivity contribution in [3.8, 4) is 5.69 Å². The van der Waals surface area contributed by atoms with Gasteiger partial charge in [-0.05, 0) is 85.5 Å². The minimum atomic E-state index is -0.469. The van der Waals surface area contributed by atoms with Crippen LogP contribution in [-0.2, 0) is 9.59 Å². The van der Waals surface area contributed by atoms with Gasteiger partial charge < -0.3 is 9.47 Å². The van der Waals surface area contributed by atoms with E-state index in [2.05, 4.69) is 45.0 Å². The zero-order chi connectivity index (χ0) is 26.4. The van der Waals surface area contributed by atoms with E-state index in [9.17, 15) is 9.59 Å². The predicted molar refractivity (Wildman–Crippen MR) is 153 cm³/mol. The maximum Gasteiger partial charge on any atom is 0.283 e. The Labute approximate surface area is 225 Å². The molecule has 3 aliphatic rings. The number of carbonyl (C=O) groups excluding carboxylic acids is 2. The average Bonchev–Trinajstić information content (AvgIpc) is 3.45. The van der Waals surface area contributed by atoms with Gasteiger partial charge >= 0.3 is 0 Å². The summed E-state index contributed by atoms with van der Waals surface area (Å²) in [5, 5.41) is 17.8. The van der Waals surface area contributed by atoms with Crippen LogP contribution in [0, 0.1) is 19.3 Å². The Balaban J connectivity index is 1.27. The maximum atomic E-state index is 13.0. The van der Waals surface area contributed by atoms with Gasteiger partial charge in [0, 0.05) is 30.2 Å². The monoisotopic (exact) mass is 524 g/mol. The summed E-state index contributed by atoms with van der Waals surface area (Å²) in [5.74, 6) is -0.461. The number of carbonyl (C=O) groups is 2. The van der Waals surface area contributed by atoms with E-state index < -0.39 is 5.91 Å². The fourth-order valence-corrected chi connectivity index (χ4v) is 6.17. The Morgan fingerprint density at radius 1 is 1.05 bits per heavy atom. The SMILES string of the molecule is Cc1cc(C=C2C(=N)N3N=C(CC(=O)N4CCCCC4)SC3=NC2=O)c(C)n1-c1ccc2ccccc2c1. The molecule has 1 fully saturated rings. The van der Waals surface area contributed by atoms with Crippen LogP contribution >= 0.6 is 11.8 Å². The standard InChI is InChI=1S/C29H28N6O2S/c1-18-14-22(19(2)34(18)23-11-10-20-8-4-5-9-21(20)15-23)16-24-27(30)35-29(31-28(24)37)38-25(32-35)17-26(36)33-12-6-3-7-13-33/h4-5,8-11,14-16,30H,3,6-7,12-13,17H2,1-2H3. The first-order valence-electron chi connectivity index (χ1n) is 12.8. The number of benzene rings is 2. The highest BCUT2D eigenvalue weighted by Crippen LogP contribution is 2.31. The van der Waals surface area contributed by atoms with E-state index in [-0.39, 0.29) is 23.7 Å². The number of nitrogens with one attached hydrogen (secondary N) is 1. The van der Waals surface area contributed by atoms with Crippen LogP contribution in [-0.4, -0.2) is 55.4 Å². The number of hydrogen-bond acceptors (Lipinski definition) is 5. The van der Waals surface area contributed by atoms with Crippen molar-refractivity contribution in [2.45, 2.75) is 39.5 Å². The van der Waals surface area contributed by atoms with Gasteiger partial charge in [-0.3, -0.25) is 15.0 Å². The number of piperidine rings is 1. The molecule has 9 heteroatoms. The lowest BCUT2D eigenvalue weighted by molar-refractivity contribution is -0.130. The van der Waals surface area contributed by atoms with Crippen molar-refractivity contribution >= 4 is 56.5 Å². The molecule has 0 unspecified atom stereocenters. The topological polar surface area (TPSA) is 94.1 Å². The van der Waals surface area contributed by atoms with E-state index in [1.54, 1.807) is 6.08 Å². The third-order valence-corrected chi connectivity index (χ3v) is 8.18. The number of likely N-dealkylation sites (tertiary alicyclic amines) is 1. The van der Waals surface area contributed by atoms with Gasteiger partial charge in [0.05, 0.1) is 12.0 Å². The first-order chi connectivity index (χ1) is 18.4. The molecule has 1 aromatic heterocycles. The lowest BCUT2D eigenvalue weighted by Crippen LogP contribution is -2.36. The highest BCUT2D eigenvalue weighted by atomic mass is 32.2. The summed E-state index contributed by atoms with van der Waals surface area (Å²) in [6, 6.07) is 16.6. The summed E-state index contributed by atoms with van der Waals surface area (Å²) >= 11 is 1.20. The molecule has 2 amide bonds. The van der Waals surface area contributed by atoms with Crippen molar-refractivity contribution in [3.63, 3.8) is 0 Å². The fourth-order valence-electron chi connectivity index (χ4n) is 5.29. The van der Waals surface area contributed by atoms with Gasteiger partial charge in [-0.2, -0.15) is 15.1 Å². The fraction of sp³-hybridized carbons (Fsp3) is 0.276. The lowest BCUT2D eigenvalue weighted by Gasteiger charge is -2.26. The largest absolute Gasteiger partial charge is 0.342 e. The second-order valence-electron chi connectivity index (χ2n) is 9.83. The number of amides is 2. The third kappa shape index (κ3) is 4.36. The minimum Gasteiger partial charge on any atom is -0.342 e. The maximum absolute atomic E-state index is 13.0. The molecule has 0 atom stereocenters. The van der Waals surface area contributed by atoms with Gasteiger partial charge in [0.1, 0.15) is 5.04 Å². The molecule has 1 saturated heterocycles. The molecule has 6 rings (SSSR count).